The van der Waals surface area contributed by atoms with Gasteiger partial charge in [-0.05, 0) is 45.1 Å². The summed E-state index contributed by atoms with van der Waals surface area (Å²) in [5, 5.41) is 13.7. The summed E-state index contributed by atoms with van der Waals surface area (Å²) in [5.41, 5.74) is 0.801. The van der Waals surface area contributed by atoms with Gasteiger partial charge in [0.2, 0.25) is 0 Å². The zero-order valence-electron chi connectivity index (χ0n) is 16.7. The van der Waals surface area contributed by atoms with Gasteiger partial charge in [0.1, 0.15) is 0 Å². The molecule has 0 fully saturated rings. The largest absolute Gasteiger partial charge is 0.390 e. The highest BCUT2D eigenvalue weighted by Gasteiger charge is 2.26. The molecule has 0 radical (unpaired) electrons. The number of thiol groups is 1. The summed E-state index contributed by atoms with van der Waals surface area (Å²) >= 11 is 4.18. The molecular weight excluding hydrogens is 346 g/mol. The highest BCUT2D eigenvalue weighted by molar-refractivity contribution is 7.78. The molecule has 6 heteroatoms. The van der Waals surface area contributed by atoms with Gasteiger partial charge < -0.3 is 15.3 Å². The first kappa shape index (κ1) is 22.8. The molecule has 0 aliphatic heterocycles. The first-order chi connectivity index (χ1) is 12.1. The summed E-state index contributed by atoms with van der Waals surface area (Å²) in [6.07, 6.45) is 0.817. The normalized spacial score (nSPS) is 14.2. The number of carbonyl (C=O) groups excluding carboxylic acids is 1. The van der Waals surface area contributed by atoms with E-state index in [-0.39, 0.29) is 24.2 Å². The third-order valence-corrected chi connectivity index (χ3v) is 4.41. The summed E-state index contributed by atoms with van der Waals surface area (Å²) in [6.45, 7) is 11.0. The molecule has 0 spiro atoms. The van der Waals surface area contributed by atoms with Crippen LogP contribution < -0.4 is 10.0 Å². The highest BCUT2D eigenvalue weighted by Crippen LogP contribution is 2.11. The quantitative estimate of drug-likeness (QED) is 0.497. The Hall–Kier alpha value is -1.24. The minimum atomic E-state index is -0.717. The molecule has 0 saturated carbocycles. The fourth-order valence-electron chi connectivity index (χ4n) is 2.58. The van der Waals surface area contributed by atoms with Crippen LogP contribution in [0, 0.1) is 5.92 Å². The van der Waals surface area contributed by atoms with E-state index in [1.165, 1.54) is 0 Å². The van der Waals surface area contributed by atoms with E-state index >= 15 is 0 Å². The molecule has 2 atom stereocenters. The van der Waals surface area contributed by atoms with Gasteiger partial charge >= 0.3 is 6.03 Å². The minimum Gasteiger partial charge on any atom is -0.390 e. The maximum absolute atomic E-state index is 12.6. The third-order valence-electron chi connectivity index (χ3n) is 4.08. The molecule has 0 bridgehead atoms. The molecule has 0 aromatic heterocycles. The molecule has 0 aliphatic carbocycles. The summed E-state index contributed by atoms with van der Waals surface area (Å²) < 4.78 is 2.89. The van der Waals surface area contributed by atoms with Crippen molar-refractivity contribution in [3.63, 3.8) is 0 Å². The van der Waals surface area contributed by atoms with Crippen LogP contribution in [0.2, 0.25) is 0 Å². The molecule has 2 amide bonds. The van der Waals surface area contributed by atoms with Gasteiger partial charge in [-0.1, -0.05) is 57.0 Å². The van der Waals surface area contributed by atoms with Crippen molar-refractivity contribution in [2.24, 2.45) is 5.92 Å². The first-order valence-corrected chi connectivity index (χ1v) is 9.75. The molecule has 0 saturated heterocycles. The average molecular weight is 382 g/mol. The fraction of sp³-hybridized carbons (Fsp3) is 0.650. The number of nitrogens with zero attached hydrogens (tertiary/aromatic N) is 1. The predicted octanol–water partition coefficient (Wildman–Crippen LogP) is 3.25. The monoisotopic (exact) mass is 381 g/mol. The number of nitrogens with one attached hydrogen (secondary N) is 2. The Labute approximate surface area is 164 Å². The number of aliphatic hydroxyl groups is 1. The van der Waals surface area contributed by atoms with E-state index in [4.69, 9.17) is 0 Å². The lowest BCUT2D eigenvalue weighted by molar-refractivity contribution is 0.0927. The van der Waals surface area contributed by atoms with Crippen molar-refractivity contribution in [2.75, 3.05) is 13.1 Å². The fourth-order valence-corrected chi connectivity index (χ4v) is 2.84. The van der Waals surface area contributed by atoms with Crippen molar-refractivity contribution in [3.8, 4) is 0 Å². The van der Waals surface area contributed by atoms with E-state index in [1.54, 1.807) is 4.90 Å². The standard InChI is InChI=1S/C20H35N3O2S/c1-15(2)11-12-23(19(25)21-20(3,4)5)14-18(24)17(22-26)13-16-9-7-6-8-10-16/h6-10,15,17-18,22,24,26H,11-14H2,1-5H3,(H,21,25)/t17-,18?/m0/s1. The molecule has 5 nitrogen and oxygen atoms in total. The molecule has 26 heavy (non-hydrogen) atoms. The van der Waals surface area contributed by atoms with E-state index in [0.29, 0.717) is 18.9 Å². The Kier molecular flexibility index (Phi) is 9.47. The Morgan fingerprint density at radius 3 is 2.35 bits per heavy atom. The Morgan fingerprint density at radius 1 is 1.23 bits per heavy atom. The lowest BCUT2D eigenvalue weighted by Gasteiger charge is -2.32. The van der Waals surface area contributed by atoms with Crippen molar-refractivity contribution in [3.05, 3.63) is 35.9 Å². The number of aliphatic hydroxyl groups excluding tert-OH is 1. The summed E-state index contributed by atoms with van der Waals surface area (Å²) in [4.78, 5) is 14.3. The molecular formula is C20H35N3O2S. The minimum absolute atomic E-state index is 0.144. The van der Waals surface area contributed by atoms with Crippen molar-refractivity contribution in [1.82, 2.24) is 14.9 Å². The molecule has 1 unspecified atom stereocenters. The maximum Gasteiger partial charge on any atom is 0.317 e. The second-order valence-electron chi connectivity index (χ2n) is 8.30. The smallest absolute Gasteiger partial charge is 0.317 e. The number of amides is 2. The van der Waals surface area contributed by atoms with Crippen LogP contribution in [0.25, 0.3) is 0 Å². The second-order valence-corrected chi connectivity index (χ2v) is 8.56. The lowest BCUT2D eigenvalue weighted by Crippen LogP contribution is -2.53. The van der Waals surface area contributed by atoms with Gasteiger partial charge in [-0.15, -0.1) is 0 Å². The molecule has 1 aromatic carbocycles. The van der Waals surface area contributed by atoms with E-state index in [2.05, 4.69) is 36.7 Å². The number of urea groups is 1. The van der Waals surface area contributed by atoms with E-state index in [9.17, 15) is 9.90 Å². The molecule has 3 N–H and O–H groups in total. The van der Waals surface area contributed by atoms with E-state index in [0.717, 1.165) is 12.0 Å². The molecule has 1 aromatic rings. The topological polar surface area (TPSA) is 64.6 Å². The van der Waals surface area contributed by atoms with Crippen molar-refractivity contribution < 1.29 is 9.90 Å². The van der Waals surface area contributed by atoms with Crippen LogP contribution >= 0.6 is 12.8 Å². The number of rotatable bonds is 9. The Morgan fingerprint density at radius 2 is 1.85 bits per heavy atom. The zero-order chi connectivity index (χ0) is 19.7. The number of hydrogen-bond donors (Lipinski definition) is 4. The number of benzene rings is 1. The van der Waals surface area contributed by atoms with Crippen LogP contribution in [0.4, 0.5) is 4.79 Å². The van der Waals surface area contributed by atoms with E-state index in [1.807, 2.05) is 51.1 Å². The number of carbonyl (C=O) groups is 1. The van der Waals surface area contributed by atoms with Crippen molar-refractivity contribution in [1.29, 1.82) is 0 Å². The summed E-state index contributed by atoms with van der Waals surface area (Å²) in [7, 11) is 0. The van der Waals surface area contributed by atoms with Crippen LogP contribution in [0.15, 0.2) is 30.3 Å². The van der Waals surface area contributed by atoms with Crippen LogP contribution in [0.3, 0.4) is 0 Å². The SMILES string of the molecule is CC(C)CCN(CC(O)[C@H](Cc1ccccc1)NS)C(=O)NC(C)(C)C. The van der Waals surface area contributed by atoms with Crippen LogP contribution in [-0.2, 0) is 6.42 Å². The lowest BCUT2D eigenvalue weighted by atomic mass is 10.0. The predicted molar refractivity (Wildman–Crippen MR) is 111 cm³/mol. The Balaban J connectivity index is 2.77. The molecule has 0 aliphatic rings. The highest BCUT2D eigenvalue weighted by atomic mass is 32.1. The van der Waals surface area contributed by atoms with Crippen molar-refractivity contribution >= 4 is 18.8 Å². The van der Waals surface area contributed by atoms with Crippen molar-refractivity contribution in [2.45, 2.75) is 65.1 Å². The molecule has 148 valence electrons. The molecule has 1 rings (SSSR count). The third kappa shape index (κ3) is 8.92. The Bertz CT molecular complexity index is 532. The summed E-state index contributed by atoms with van der Waals surface area (Å²) in [5.74, 6) is 0.486. The first-order valence-electron chi connectivity index (χ1n) is 9.31. The van der Waals surface area contributed by atoms with Gasteiger partial charge in [0.25, 0.3) is 0 Å². The van der Waals surface area contributed by atoms with Crippen LogP contribution in [0.5, 0.6) is 0 Å². The van der Waals surface area contributed by atoms with Gasteiger partial charge in [-0.3, -0.25) is 4.72 Å². The van der Waals surface area contributed by atoms with Crippen LogP contribution in [-0.4, -0.2) is 46.8 Å². The number of hydrogen-bond acceptors (Lipinski definition) is 4. The van der Waals surface area contributed by atoms with Gasteiger partial charge in [0, 0.05) is 24.7 Å². The maximum atomic E-state index is 12.6. The zero-order valence-corrected chi connectivity index (χ0v) is 17.6. The second kappa shape index (κ2) is 10.8. The summed E-state index contributed by atoms with van der Waals surface area (Å²) in [6, 6.07) is 9.57. The van der Waals surface area contributed by atoms with E-state index < -0.39 is 6.10 Å². The van der Waals surface area contributed by atoms with Gasteiger partial charge in [-0.25, -0.2) is 4.79 Å². The van der Waals surface area contributed by atoms with Gasteiger partial charge in [0.15, 0.2) is 0 Å². The van der Waals surface area contributed by atoms with Crippen LogP contribution in [0.1, 0.15) is 46.6 Å². The molecule has 0 heterocycles. The average Bonchev–Trinajstić information content (AvgIpc) is 2.55. The van der Waals surface area contributed by atoms with Gasteiger partial charge in [0.05, 0.1) is 6.10 Å². The van der Waals surface area contributed by atoms with Gasteiger partial charge in [-0.2, -0.15) is 0 Å².